The van der Waals surface area contributed by atoms with Crippen molar-refractivity contribution in [2.45, 2.75) is 0 Å². The number of ether oxygens (including phenoxy) is 3. The van der Waals surface area contributed by atoms with Crippen molar-refractivity contribution in [2.75, 3.05) is 26.9 Å². The topological polar surface area (TPSA) is 47.9 Å². The number of hydrogen-bond donors (Lipinski definition) is 1. The fourth-order valence-corrected chi connectivity index (χ4v) is 1.58. The standard InChI is InChI=1S/C12H14O4/c1-14-10-7-9(3-2-4-13)8-11-12(10)16-6-5-15-11/h2-3,7-8,13H,4-6H2,1H3. The third kappa shape index (κ3) is 2.12. The summed E-state index contributed by atoms with van der Waals surface area (Å²) in [4.78, 5) is 0. The lowest BCUT2D eigenvalue weighted by molar-refractivity contribution is 0.165. The summed E-state index contributed by atoms with van der Waals surface area (Å²) in [5, 5.41) is 8.72. The van der Waals surface area contributed by atoms with Crippen molar-refractivity contribution in [3.8, 4) is 17.2 Å². The van der Waals surface area contributed by atoms with Gasteiger partial charge in [0.25, 0.3) is 0 Å². The van der Waals surface area contributed by atoms with Gasteiger partial charge in [0.05, 0.1) is 13.7 Å². The predicted octanol–water partition coefficient (Wildman–Crippen LogP) is 1.47. The number of methoxy groups -OCH3 is 1. The largest absolute Gasteiger partial charge is 0.493 e. The van der Waals surface area contributed by atoms with Crippen molar-refractivity contribution in [3.63, 3.8) is 0 Å². The molecule has 16 heavy (non-hydrogen) atoms. The van der Waals surface area contributed by atoms with E-state index in [4.69, 9.17) is 19.3 Å². The van der Waals surface area contributed by atoms with Gasteiger partial charge in [0.1, 0.15) is 13.2 Å². The van der Waals surface area contributed by atoms with E-state index in [0.717, 1.165) is 5.56 Å². The SMILES string of the molecule is COc1cc(C=CCO)cc2c1OCCO2. The van der Waals surface area contributed by atoms with Gasteiger partial charge in [-0.15, -0.1) is 0 Å². The van der Waals surface area contributed by atoms with Crippen LogP contribution in [0.25, 0.3) is 6.08 Å². The van der Waals surface area contributed by atoms with Crippen LogP contribution >= 0.6 is 0 Å². The van der Waals surface area contributed by atoms with E-state index in [1.165, 1.54) is 0 Å². The molecule has 0 bridgehead atoms. The Bertz CT molecular complexity index is 381. The fraction of sp³-hybridized carbons (Fsp3) is 0.333. The van der Waals surface area contributed by atoms with E-state index in [0.29, 0.717) is 30.5 Å². The molecule has 1 aromatic rings. The van der Waals surface area contributed by atoms with Crippen LogP contribution in [0, 0.1) is 0 Å². The Hall–Kier alpha value is -1.68. The van der Waals surface area contributed by atoms with Gasteiger partial charge < -0.3 is 19.3 Å². The number of aliphatic hydroxyl groups is 1. The molecule has 1 heterocycles. The quantitative estimate of drug-likeness (QED) is 0.841. The molecule has 0 saturated heterocycles. The molecule has 1 aliphatic heterocycles. The Morgan fingerprint density at radius 2 is 2.19 bits per heavy atom. The summed E-state index contributed by atoms with van der Waals surface area (Å²) in [5.41, 5.74) is 0.912. The number of aliphatic hydroxyl groups excluding tert-OH is 1. The average Bonchev–Trinajstić information content (AvgIpc) is 2.35. The highest BCUT2D eigenvalue weighted by Gasteiger charge is 2.17. The van der Waals surface area contributed by atoms with Gasteiger partial charge in [0.15, 0.2) is 11.5 Å². The summed E-state index contributed by atoms with van der Waals surface area (Å²) in [6, 6.07) is 3.71. The molecule has 2 rings (SSSR count). The second-order valence-electron chi connectivity index (χ2n) is 3.33. The van der Waals surface area contributed by atoms with Gasteiger partial charge in [-0.25, -0.2) is 0 Å². The van der Waals surface area contributed by atoms with Gasteiger partial charge in [-0.1, -0.05) is 12.2 Å². The first kappa shape index (κ1) is 10.8. The molecule has 0 spiro atoms. The van der Waals surface area contributed by atoms with Crippen LogP contribution in [-0.4, -0.2) is 32.0 Å². The lowest BCUT2D eigenvalue weighted by Crippen LogP contribution is -2.16. The van der Waals surface area contributed by atoms with Crippen LogP contribution in [0.2, 0.25) is 0 Å². The van der Waals surface area contributed by atoms with Crippen LogP contribution < -0.4 is 14.2 Å². The van der Waals surface area contributed by atoms with Crippen molar-refractivity contribution >= 4 is 6.08 Å². The highest BCUT2D eigenvalue weighted by atomic mass is 16.6. The number of benzene rings is 1. The third-order valence-electron chi connectivity index (χ3n) is 2.27. The zero-order valence-corrected chi connectivity index (χ0v) is 9.10. The summed E-state index contributed by atoms with van der Waals surface area (Å²) >= 11 is 0. The Morgan fingerprint density at radius 1 is 1.38 bits per heavy atom. The Balaban J connectivity index is 2.39. The molecule has 4 nitrogen and oxygen atoms in total. The molecule has 0 radical (unpaired) electrons. The maximum absolute atomic E-state index is 8.72. The van der Waals surface area contributed by atoms with Gasteiger partial charge in [-0.2, -0.15) is 0 Å². The monoisotopic (exact) mass is 222 g/mol. The van der Waals surface area contributed by atoms with E-state index >= 15 is 0 Å². The first-order valence-corrected chi connectivity index (χ1v) is 5.10. The van der Waals surface area contributed by atoms with Crippen molar-refractivity contribution in [2.24, 2.45) is 0 Å². The summed E-state index contributed by atoms with van der Waals surface area (Å²) in [5.74, 6) is 1.98. The molecule has 0 atom stereocenters. The van der Waals surface area contributed by atoms with Crippen LogP contribution in [0.3, 0.4) is 0 Å². The molecule has 86 valence electrons. The van der Waals surface area contributed by atoms with E-state index in [9.17, 15) is 0 Å². The Labute approximate surface area is 94.1 Å². The number of rotatable bonds is 3. The van der Waals surface area contributed by atoms with Crippen molar-refractivity contribution in [3.05, 3.63) is 23.8 Å². The molecular formula is C12H14O4. The van der Waals surface area contributed by atoms with Gasteiger partial charge in [-0.3, -0.25) is 0 Å². The minimum absolute atomic E-state index is 0.0107. The van der Waals surface area contributed by atoms with Crippen LogP contribution in [0.5, 0.6) is 17.2 Å². The maximum Gasteiger partial charge on any atom is 0.203 e. The van der Waals surface area contributed by atoms with Crippen LogP contribution in [0.4, 0.5) is 0 Å². The van der Waals surface area contributed by atoms with Crippen molar-refractivity contribution in [1.82, 2.24) is 0 Å². The highest BCUT2D eigenvalue weighted by molar-refractivity contribution is 5.62. The highest BCUT2D eigenvalue weighted by Crippen LogP contribution is 2.40. The van der Waals surface area contributed by atoms with Crippen LogP contribution in [-0.2, 0) is 0 Å². The van der Waals surface area contributed by atoms with Crippen molar-refractivity contribution in [1.29, 1.82) is 0 Å². The molecule has 0 aromatic heterocycles. The lowest BCUT2D eigenvalue weighted by atomic mass is 10.1. The van der Waals surface area contributed by atoms with Crippen molar-refractivity contribution < 1.29 is 19.3 Å². The zero-order valence-electron chi connectivity index (χ0n) is 9.10. The normalized spacial score (nSPS) is 14.1. The van der Waals surface area contributed by atoms with E-state index in [-0.39, 0.29) is 6.61 Å². The summed E-state index contributed by atoms with van der Waals surface area (Å²) in [6.07, 6.45) is 3.46. The molecule has 0 amide bonds. The fourth-order valence-electron chi connectivity index (χ4n) is 1.58. The summed E-state index contributed by atoms with van der Waals surface area (Å²) in [6.45, 7) is 1.09. The maximum atomic E-state index is 8.72. The lowest BCUT2D eigenvalue weighted by Gasteiger charge is -2.20. The second kappa shape index (κ2) is 4.90. The molecule has 0 fully saturated rings. The van der Waals surface area contributed by atoms with Crippen LogP contribution in [0.15, 0.2) is 18.2 Å². The number of fused-ring (bicyclic) bond motifs is 1. The molecule has 0 unspecified atom stereocenters. The minimum atomic E-state index is 0.0107. The smallest absolute Gasteiger partial charge is 0.203 e. The average molecular weight is 222 g/mol. The molecule has 1 aliphatic rings. The molecule has 1 aromatic carbocycles. The van der Waals surface area contributed by atoms with Gasteiger partial charge >= 0.3 is 0 Å². The van der Waals surface area contributed by atoms with E-state index in [2.05, 4.69) is 0 Å². The molecule has 4 heteroatoms. The second-order valence-corrected chi connectivity index (χ2v) is 3.33. The predicted molar refractivity (Wildman–Crippen MR) is 60.1 cm³/mol. The third-order valence-corrected chi connectivity index (χ3v) is 2.27. The summed E-state index contributed by atoms with van der Waals surface area (Å²) < 4.78 is 16.2. The first-order chi connectivity index (χ1) is 7.85. The van der Waals surface area contributed by atoms with Crippen LogP contribution in [0.1, 0.15) is 5.56 Å². The van der Waals surface area contributed by atoms with E-state index < -0.39 is 0 Å². The van der Waals surface area contributed by atoms with E-state index in [1.807, 2.05) is 12.1 Å². The zero-order chi connectivity index (χ0) is 11.4. The Morgan fingerprint density at radius 3 is 2.94 bits per heavy atom. The molecular weight excluding hydrogens is 208 g/mol. The molecule has 0 aliphatic carbocycles. The van der Waals surface area contributed by atoms with Gasteiger partial charge in [-0.05, 0) is 17.7 Å². The molecule has 1 N–H and O–H groups in total. The summed E-state index contributed by atoms with van der Waals surface area (Å²) in [7, 11) is 1.59. The number of hydrogen-bond acceptors (Lipinski definition) is 4. The Kier molecular flexibility index (Phi) is 3.31. The van der Waals surface area contributed by atoms with Gasteiger partial charge in [0.2, 0.25) is 5.75 Å². The minimum Gasteiger partial charge on any atom is -0.493 e. The van der Waals surface area contributed by atoms with E-state index in [1.54, 1.807) is 19.3 Å². The molecule has 0 saturated carbocycles. The first-order valence-electron chi connectivity index (χ1n) is 5.10. The van der Waals surface area contributed by atoms with Gasteiger partial charge in [0, 0.05) is 0 Å².